The van der Waals surface area contributed by atoms with Crippen LogP contribution in [-0.4, -0.2) is 17.9 Å². The molecule has 0 bridgehead atoms. The van der Waals surface area contributed by atoms with Gasteiger partial charge in [-0.15, -0.1) is 22.7 Å². The number of rotatable bonds is 5. The Morgan fingerprint density at radius 2 is 1.78 bits per heavy atom. The highest BCUT2D eigenvalue weighted by atomic mass is 32.1. The number of para-hydroxylation sites is 1. The van der Waals surface area contributed by atoms with Crippen molar-refractivity contribution >= 4 is 50.2 Å². The summed E-state index contributed by atoms with van der Waals surface area (Å²) in [4.78, 5) is 20.4. The van der Waals surface area contributed by atoms with Crippen molar-refractivity contribution in [3.05, 3.63) is 88.9 Å². The van der Waals surface area contributed by atoms with Crippen molar-refractivity contribution in [2.24, 2.45) is 0 Å². The van der Waals surface area contributed by atoms with E-state index < -0.39 is 0 Å². The second-order valence-corrected chi connectivity index (χ2v) is 9.04. The van der Waals surface area contributed by atoms with E-state index in [0.29, 0.717) is 10.6 Å². The Bertz CT molecular complexity index is 1400. The van der Waals surface area contributed by atoms with Crippen molar-refractivity contribution in [2.75, 3.05) is 17.7 Å². The Morgan fingerprint density at radius 1 is 1.00 bits per heavy atom. The van der Waals surface area contributed by atoms with Crippen LogP contribution in [0.25, 0.3) is 31.9 Å². The number of nitrogens with one attached hydrogen (secondary N) is 2. The first kappa shape index (κ1) is 20.4. The first-order valence-corrected chi connectivity index (χ1v) is 11.6. The number of aromatic nitrogens is 1. The van der Waals surface area contributed by atoms with E-state index in [1.807, 2.05) is 53.9 Å². The average molecular weight is 460 g/mol. The lowest BCUT2D eigenvalue weighted by Crippen LogP contribution is -2.11. The van der Waals surface area contributed by atoms with Crippen molar-refractivity contribution in [2.45, 2.75) is 0 Å². The lowest BCUT2D eigenvalue weighted by molar-refractivity contribution is 0.103. The maximum atomic E-state index is 13.6. The number of amides is 1. The molecule has 5 aromatic rings. The van der Waals surface area contributed by atoms with Gasteiger partial charge in [0.05, 0.1) is 16.3 Å². The van der Waals surface area contributed by atoms with Crippen LogP contribution in [0.1, 0.15) is 9.67 Å². The number of hydrogen-bond acceptors (Lipinski definition) is 5. The summed E-state index contributed by atoms with van der Waals surface area (Å²) in [5, 5.41) is 9.01. The highest BCUT2D eigenvalue weighted by molar-refractivity contribution is 7.21. The number of nitrogens with zero attached hydrogens (tertiary/aromatic N) is 1. The van der Waals surface area contributed by atoms with Crippen LogP contribution in [0.2, 0.25) is 0 Å². The molecule has 0 aliphatic rings. The first-order valence-electron chi connectivity index (χ1n) is 9.95. The van der Waals surface area contributed by atoms with Gasteiger partial charge in [0.1, 0.15) is 15.5 Å². The molecule has 158 valence electrons. The highest BCUT2D eigenvalue weighted by Crippen LogP contribution is 2.43. The summed E-state index contributed by atoms with van der Waals surface area (Å²) in [5.74, 6) is -0.495. The molecule has 0 spiro atoms. The molecule has 2 N–H and O–H groups in total. The number of hydrogen-bond donors (Lipinski definition) is 2. The van der Waals surface area contributed by atoms with E-state index in [4.69, 9.17) is 4.98 Å². The molecule has 0 radical (unpaired) electrons. The van der Waals surface area contributed by atoms with Crippen LogP contribution in [0.5, 0.6) is 0 Å². The van der Waals surface area contributed by atoms with Gasteiger partial charge >= 0.3 is 0 Å². The molecule has 1 amide bonds. The number of carbonyl (C=O) groups excluding carboxylic acids is 1. The van der Waals surface area contributed by atoms with Crippen molar-refractivity contribution < 1.29 is 9.18 Å². The molecule has 0 aliphatic carbocycles. The fraction of sp³-hybridized carbons (Fsp3) is 0.0400. The number of benzene rings is 2. The van der Waals surface area contributed by atoms with Crippen LogP contribution in [0.15, 0.2) is 78.2 Å². The largest absolute Gasteiger partial charge is 0.386 e. The third-order valence-corrected chi connectivity index (χ3v) is 7.05. The van der Waals surface area contributed by atoms with E-state index in [-0.39, 0.29) is 11.7 Å². The van der Waals surface area contributed by atoms with E-state index in [1.165, 1.54) is 23.5 Å². The fourth-order valence-corrected chi connectivity index (χ4v) is 5.40. The molecule has 5 rings (SSSR count). The van der Waals surface area contributed by atoms with E-state index in [9.17, 15) is 9.18 Å². The number of carbonyl (C=O) groups is 1. The minimum atomic E-state index is -0.292. The second-order valence-electron chi connectivity index (χ2n) is 7.10. The number of pyridine rings is 1. The topological polar surface area (TPSA) is 54.0 Å². The van der Waals surface area contributed by atoms with Crippen LogP contribution in [-0.2, 0) is 0 Å². The lowest BCUT2D eigenvalue weighted by Gasteiger charge is -2.10. The molecule has 0 saturated heterocycles. The summed E-state index contributed by atoms with van der Waals surface area (Å²) < 4.78 is 13.6. The zero-order chi connectivity index (χ0) is 22.1. The van der Waals surface area contributed by atoms with Gasteiger partial charge in [0.2, 0.25) is 0 Å². The normalized spacial score (nSPS) is 10.9. The molecule has 4 nitrogen and oxygen atoms in total. The van der Waals surface area contributed by atoms with Crippen LogP contribution in [0.4, 0.5) is 15.8 Å². The van der Waals surface area contributed by atoms with Gasteiger partial charge in [-0.05, 0) is 52.9 Å². The van der Waals surface area contributed by atoms with Gasteiger partial charge < -0.3 is 10.6 Å². The molecule has 3 aromatic heterocycles. The summed E-state index contributed by atoms with van der Waals surface area (Å²) in [6.45, 7) is 0. The monoisotopic (exact) mass is 459 g/mol. The summed E-state index contributed by atoms with van der Waals surface area (Å²) in [6.07, 6.45) is 0. The van der Waals surface area contributed by atoms with Gasteiger partial charge in [-0.3, -0.25) is 4.79 Å². The Balaban J connectivity index is 1.71. The Morgan fingerprint density at radius 3 is 2.47 bits per heavy atom. The third-order valence-electron chi connectivity index (χ3n) is 5.08. The molecule has 3 heterocycles. The third kappa shape index (κ3) is 3.77. The van der Waals surface area contributed by atoms with Gasteiger partial charge in [-0.2, -0.15) is 0 Å². The average Bonchev–Trinajstić information content (AvgIpc) is 3.48. The number of halogens is 1. The fourth-order valence-electron chi connectivity index (χ4n) is 3.61. The summed E-state index contributed by atoms with van der Waals surface area (Å²) in [5.41, 5.74) is 4.02. The van der Waals surface area contributed by atoms with E-state index in [1.54, 1.807) is 30.5 Å². The Labute approximate surface area is 192 Å². The highest BCUT2D eigenvalue weighted by Gasteiger charge is 2.23. The molecule has 2 aromatic carbocycles. The predicted octanol–water partition coefficient (Wildman–Crippen LogP) is 7.12. The summed E-state index contributed by atoms with van der Waals surface area (Å²) in [7, 11) is 1.79. The maximum Gasteiger partial charge on any atom is 0.267 e. The van der Waals surface area contributed by atoms with E-state index in [2.05, 4.69) is 10.6 Å². The quantitative estimate of drug-likeness (QED) is 0.294. The zero-order valence-corrected chi connectivity index (χ0v) is 18.7. The molecule has 0 atom stereocenters. The number of thiophene rings is 2. The van der Waals surface area contributed by atoms with Crippen molar-refractivity contribution in [3.63, 3.8) is 0 Å². The minimum Gasteiger partial charge on any atom is -0.386 e. The molecular weight excluding hydrogens is 441 g/mol. The molecule has 32 heavy (non-hydrogen) atoms. The summed E-state index contributed by atoms with van der Waals surface area (Å²) in [6, 6.07) is 21.8. The number of anilines is 2. The molecule has 0 saturated carbocycles. The molecular formula is C25H18FN3OS2. The lowest BCUT2D eigenvalue weighted by atomic mass is 10.0. The zero-order valence-electron chi connectivity index (χ0n) is 17.1. The van der Waals surface area contributed by atoms with Crippen LogP contribution in [0, 0.1) is 5.82 Å². The Kier molecular flexibility index (Phi) is 5.43. The molecule has 7 heteroatoms. The molecule has 0 aliphatic heterocycles. The van der Waals surface area contributed by atoms with Crippen LogP contribution >= 0.6 is 22.7 Å². The van der Waals surface area contributed by atoms with Gasteiger partial charge in [-0.25, -0.2) is 9.37 Å². The number of fused-ring (bicyclic) bond motifs is 1. The van der Waals surface area contributed by atoms with E-state index in [0.717, 1.165) is 37.6 Å². The maximum absolute atomic E-state index is 13.6. The smallest absolute Gasteiger partial charge is 0.267 e. The SMILES string of the molecule is CNc1c(C(=O)Nc2ccccc2)sc2nc(-c3cccs3)cc(-c3ccc(F)cc3)c12. The summed E-state index contributed by atoms with van der Waals surface area (Å²) >= 11 is 2.95. The molecule has 0 unspecified atom stereocenters. The first-order chi connectivity index (χ1) is 15.6. The second kappa shape index (κ2) is 8.53. The standard InChI is InChI=1S/C25H18FN3OS2/c1-27-22-21-18(15-9-11-16(26)12-10-15)14-19(20-8-5-13-31-20)29-25(21)32-23(22)24(30)28-17-6-3-2-4-7-17/h2-14,27H,1H3,(H,28,30). The van der Waals surface area contributed by atoms with Gasteiger partial charge in [-0.1, -0.05) is 36.4 Å². The predicted molar refractivity (Wildman–Crippen MR) is 132 cm³/mol. The van der Waals surface area contributed by atoms with E-state index >= 15 is 0 Å². The van der Waals surface area contributed by atoms with Gasteiger partial charge in [0.25, 0.3) is 5.91 Å². The Hall–Kier alpha value is -3.55. The van der Waals surface area contributed by atoms with Gasteiger partial charge in [0.15, 0.2) is 0 Å². The van der Waals surface area contributed by atoms with Crippen LogP contribution in [0.3, 0.4) is 0 Å². The van der Waals surface area contributed by atoms with Crippen LogP contribution < -0.4 is 10.6 Å². The minimum absolute atomic E-state index is 0.203. The van der Waals surface area contributed by atoms with Crippen molar-refractivity contribution in [3.8, 4) is 21.7 Å². The van der Waals surface area contributed by atoms with Crippen molar-refractivity contribution in [1.82, 2.24) is 4.98 Å². The van der Waals surface area contributed by atoms with Gasteiger partial charge in [0, 0.05) is 18.1 Å². The molecule has 0 fully saturated rings. The van der Waals surface area contributed by atoms with Crippen molar-refractivity contribution in [1.29, 1.82) is 0 Å².